The van der Waals surface area contributed by atoms with Gasteiger partial charge in [0, 0.05) is 40.6 Å². The lowest BCUT2D eigenvalue weighted by Crippen LogP contribution is -2.32. The van der Waals surface area contributed by atoms with Gasteiger partial charge in [-0.05, 0) is 84.9 Å². The van der Waals surface area contributed by atoms with Gasteiger partial charge in [0.25, 0.3) is 11.8 Å². The molecule has 0 saturated heterocycles. The maximum Gasteiger partial charge on any atom is 0.269 e. The number of hydrogen-bond acceptors (Lipinski definition) is 8. The van der Waals surface area contributed by atoms with Crippen LogP contribution in [0.1, 0.15) is 39.0 Å². The molecule has 0 radical (unpaired) electrons. The number of aromatic nitrogens is 4. The third-order valence-corrected chi connectivity index (χ3v) is 8.47. The van der Waals surface area contributed by atoms with E-state index in [-0.39, 0.29) is 42.1 Å². The average molecular weight is 690 g/mol. The largest absolute Gasteiger partial charge is 0.488 e. The number of halogens is 2. The van der Waals surface area contributed by atoms with E-state index < -0.39 is 11.8 Å². The minimum atomic E-state index is -0.706. The van der Waals surface area contributed by atoms with Crippen molar-refractivity contribution in [1.29, 1.82) is 0 Å². The molecule has 15 heteroatoms. The number of fused-ring (bicyclic) bond motifs is 6. The van der Waals surface area contributed by atoms with Crippen LogP contribution in [-0.4, -0.2) is 37.3 Å². The summed E-state index contributed by atoms with van der Waals surface area (Å²) in [6, 6.07) is 21.9. The van der Waals surface area contributed by atoms with Crippen molar-refractivity contribution in [3.8, 4) is 39.6 Å². The lowest BCUT2D eigenvalue weighted by atomic mass is 9.97. The van der Waals surface area contributed by atoms with Gasteiger partial charge < -0.3 is 32.6 Å². The zero-order valence-electron chi connectivity index (χ0n) is 26.9. The fourth-order valence-corrected chi connectivity index (χ4v) is 6.19. The zero-order chi connectivity index (χ0) is 36.1. The Hall–Kier alpha value is -7.03. The number of rotatable bonds is 4. The third kappa shape index (κ3) is 5.75. The lowest BCUT2D eigenvalue weighted by Gasteiger charge is -2.29. The van der Waals surface area contributed by atoms with E-state index in [1.807, 2.05) is 0 Å². The number of primary amides is 2. The van der Waals surface area contributed by atoms with E-state index in [0.29, 0.717) is 67.8 Å². The van der Waals surface area contributed by atoms with Crippen LogP contribution in [0.3, 0.4) is 0 Å². The molecule has 2 aliphatic heterocycles. The van der Waals surface area contributed by atoms with Gasteiger partial charge in [0.1, 0.15) is 24.0 Å². The van der Waals surface area contributed by atoms with Crippen molar-refractivity contribution in [1.82, 2.24) is 19.6 Å². The van der Waals surface area contributed by atoms with Crippen LogP contribution in [0, 0.1) is 11.6 Å². The van der Waals surface area contributed by atoms with Crippen LogP contribution >= 0.6 is 0 Å². The monoisotopic (exact) mass is 689 g/mol. The second-order valence-electron chi connectivity index (χ2n) is 11.8. The van der Waals surface area contributed by atoms with E-state index in [0.717, 1.165) is 0 Å². The highest BCUT2D eigenvalue weighted by Crippen LogP contribution is 2.43. The quantitative estimate of drug-likeness (QED) is 0.194. The van der Waals surface area contributed by atoms with E-state index >= 15 is 0 Å². The van der Waals surface area contributed by atoms with Crippen LogP contribution in [0.25, 0.3) is 33.9 Å². The van der Waals surface area contributed by atoms with E-state index in [1.165, 1.54) is 35.9 Å². The number of anilines is 3. The van der Waals surface area contributed by atoms with Crippen molar-refractivity contribution in [3.05, 3.63) is 119 Å². The molecule has 4 heterocycles. The molecule has 2 aliphatic rings. The van der Waals surface area contributed by atoms with Gasteiger partial charge in [-0.1, -0.05) is 0 Å². The van der Waals surface area contributed by atoms with Gasteiger partial charge in [-0.3, -0.25) is 14.4 Å². The van der Waals surface area contributed by atoms with E-state index in [2.05, 4.69) is 10.2 Å². The number of amides is 3. The first-order chi connectivity index (χ1) is 24.4. The first kappa shape index (κ1) is 32.5. The van der Waals surface area contributed by atoms with Crippen LogP contribution < -0.4 is 32.6 Å². The number of hydrogen-bond donors (Lipinski definition) is 4. The molecular weight excluding hydrogens is 660 g/mol. The third-order valence-electron chi connectivity index (χ3n) is 8.47. The number of carbonyl (C=O) groups is 3. The van der Waals surface area contributed by atoms with Gasteiger partial charge in [0.05, 0.1) is 35.0 Å². The predicted octanol–water partition coefficient (Wildman–Crippen LogP) is 4.48. The van der Waals surface area contributed by atoms with Crippen LogP contribution in [0.4, 0.5) is 25.8 Å². The van der Waals surface area contributed by atoms with Crippen molar-refractivity contribution < 1.29 is 27.9 Å². The van der Waals surface area contributed by atoms with Crippen LogP contribution in [0.15, 0.2) is 84.9 Å². The summed E-state index contributed by atoms with van der Waals surface area (Å²) in [6.45, 7) is 1.77. The van der Waals surface area contributed by atoms with Crippen molar-refractivity contribution in [2.24, 2.45) is 11.5 Å². The summed E-state index contributed by atoms with van der Waals surface area (Å²) < 4.78 is 35.4. The normalized spacial score (nSPS) is 12.3. The number of carbonyl (C=O) groups excluding carboxylic acids is 3. The molecule has 2 aromatic heterocycles. The average Bonchev–Trinajstić information content (AvgIpc) is 3.69. The SMILES string of the molecule is CC(=O)N1Cc2c(C(N)=O)nn(-c3ccc(F)cc3)c2-c2cc(N)ccc21.NC(=O)c1nn(-c2ccc(F)cc2)c2c1COc1ccc(N)cc1-2. The Morgan fingerprint density at radius 3 is 1.71 bits per heavy atom. The second-order valence-corrected chi connectivity index (χ2v) is 11.8. The molecule has 0 atom stereocenters. The Labute approximate surface area is 288 Å². The molecule has 0 bridgehead atoms. The first-order valence-corrected chi connectivity index (χ1v) is 15.5. The van der Waals surface area contributed by atoms with Crippen molar-refractivity contribution in [2.75, 3.05) is 16.4 Å². The Morgan fingerprint density at radius 2 is 1.18 bits per heavy atom. The topological polar surface area (TPSA) is 203 Å². The minimum Gasteiger partial charge on any atom is -0.488 e. The van der Waals surface area contributed by atoms with E-state index in [9.17, 15) is 23.2 Å². The zero-order valence-corrected chi connectivity index (χ0v) is 26.9. The molecule has 8 N–H and O–H groups in total. The molecule has 4 aromatic carbocycles. The van der Waals surface area contributed by atoms with E-state index in [4.69, 9.17) is 27.7 Å². The smallest absolute Gasteiger partial charge is 0.269 e. The van der Waals surface area contributed by atoms with Crippen molar-refractivity contribution in [2.45, 2.75) is 20.1 Å². The maximum absolute atomic E-state index is 13.3. The maximum atomic E-state index is 13.3. The molecule has 8 rings (SSSR count). The molecular formula is C36H29F2N9O4. The first-order valence-electron chi connectivity index (χ1n) is 15.5. The molecule has 0 saturated carbocycles. The number of benzene rings is 4. The van der Waals surface area contributed by atoms with Gasteiger partial charge in [-0.25, -0.2) is 18.1 Å². The summed E-state index contributed by atoms with van der Waals surface area (Å²) in [6.07, 6.45) is 0. The Bertz CT molecular complexity index is 2390. The van der Waals surface area contributed by atoms with Gasteiger partial charge in [-0.15, -0.1) is 0 Å². The lowest BCUT2D eigenvalue weighted by molar-refractivity contribution is -0.116. The molecule has 256 valence electrons. The predicted molar refractivity (Wildman–Crippen MR) is 185 cm³/mol. The molecule has 3 amide bonds. The van der Waals surface area contributed by atoms with Gasteiger partial charge in [0.15, 0.2) is 11.4 Å². The summed E-state index contributed by atoms with van der Waals surface area (Å²) in [7, 11) is 0. The van der Waals surface area contributed by atoms with Gasteiger partial charge >= 0.3 is 0 Å². The highest BCUT2D eigenvalue weighted by molar-refractivity contribution is 6.02. The molecule has 0 spiro atoms. The van der Waals surface area contributed by atoms with Crippen molar-refractivity contribution in [3.63, 3.8) is 0 Å². The van der Waals surface area contributed by atoms with Gasteiger partial charge in [-0.2, -0.15) is 10.2 Å². The van der Waals surface area contributed by atoms with Gasteiger partial charge in [0.2, 0.25) is 5.91 Å². The number of ether oxygens (including phenoxy) is 1. The minimum absolute atomic E-state index is 0.0636. The number of nitrogens with zero attached hydrogens (tertiary/aromatic N) is 5. The molecule has 0 aliphatic carbocycles. The molecule has 0 fully saturated rings. The van der Waals surface area contributed by atoms with Crippen molar-refractivity contribution >= 4 is 34.8 Å². The molecule has 51 heavy (non-hydrogen) atoms. The Morgan fingerprint density at radius 1 is 0.686 bits per heavy atom. The highest BCUT2D eigenvalue weighted by atomic mass is 19.1. The molecule has 6 aromatic rings. The van der Waals surface area contributed by atoms with E-state index in [1.54, 1.807) is 70.2 Å². The summed E-state index contributed by atoms with van der Waals surface area (Å²) in [4.78, 5) is 37.4. The molecule has 0 unspecified atom stereocenters. The van der Waals surface area contributed by atoms with Crippen LogP contribution in [-0.2, 0) is 17.9 Å². The summed E-state index contributed by atoms with van der Waals surface area (Å²) >= 11 is 0. The molecule has 13 nitrogen and oxygen atoms in total. The number of nitrogens with two attached hydrogens (primary N) is 4. The highest BCUT2D eigenvalue weighted by Gasteiger charge is 2.33. The fourth-order valence-electron chi connectivity index (χ4n) is 6.19. The van der Waals surface area contributed by atoms with Crippen LogP contribution in [0.5, 0.6) is 5.75 Å². The Kier molecular flexibility index (Phi) is 7.94. The number of nitrogen functional groups attached to an aromatic ring is 2. The van der Waals surface area contributed by atoms with Crippen LogP contribution in [0.2, 0.25) is 0 Å². The summed E-state index contributed by atoms with van der Waals surface area (Å²) in [5.74, 6) is -1.65. The fraction of sp³-hybridized carbons (Fsp3) is 0.0833. The summed E-state index contributed by atoms with van der Waals surface area (Å²) in [5, 5.41) is 8.67. The Balaban J connectivity index is 0.000000160. The summed E-state index contributed by atoms with van der Waals surface area (Å²) in [5.41, 5.74) is 29.6. The standard InChI is InChI=1S/C19H16FN5O2.C17H13FN4O2/c1-10(26)24-9-15-17(19(22)27)23-25(13-5-2-11(20)3-6-13)18(15)14-8-12(21)4-7-16(14)24;18-9-1-4-11(5-2-9)22-16-12-7-10(19)3-6-14(12)24-8-13(16)15(21-22)17(20)23/h2-8H,9,21H2,1H3,(H2,22,27);1-7H,8,19H2,(H2,20,23). The second kappa shape index (κ2) is 12.5.